The van der Waals surface area contributed by atoms with Crippen LogP contribution in [0.4, 0.5) is 0 Å². The van der Waals surface area contributed by atoms with Crippen molar-refractivity contribution in [2.75, 3.05) is 0 Å². The molecule has 2 rings (SSSR count). The maximum atomic E-state index is 12.4. The molecule has 0 aliphatic carbocycles. The minimum atomic E-state index is -1.16. The van der Waals surface area contributed by atoms with Crippen LogP contribution in [0.5, 0.6) is 0 Å². The number of aromatic nitrogens is 1. The number of rotatable bonds is 5. The third kappa shape index (κ3) is 3.38. The number of fused-ring (bicyclic) bond motifs is 1. The van der Waals surface area contributed by atoms with Gasteiger partial charge in [0.05, 0.1) is 17.1 Å². The van der Waals surface area contributed by atoms with Gasteiger partial charge in [0, 0.05) is 17.5 Å². The zero-order valence-corrected chi connectivity index (χ0v) is 12.0. The molecule has 112 valence electrons. The number of amides is 1. The topological polar surface area (TPSA) is 103 Å². The molecule has 22 heavy (non-hydrogen) atoms. The lowest BCUT2D eigenvalue weighted by Crippen LogP contribution is -2.41. The Bertz CT molecular complexity index is 746. The number of carbonyl (C=O) groups is 2. The average molecular weight is 297 g/mol. The van der Waals surface area contributed by atoms with Crippen LogP contribution in [0.1, 0.15) is 23.7 Å². The van der Waals surface area contributed by atoms with E-state index in [0.717, 1.165) is 0 Å². The van der Waals surface area contributed by atoms with Crippen LogP contribution in [0, 0.1) is 17.2 Å². The number of nitrogens with zero attached hydrogens (tertiary/aromatic N) is 2. The van der Waals surface area contributed by atoms with Gasteiger partial charge >= 0.3 is 5.97 Å². The smallest absolute Gasteiger partial charge is 0.326 e. The summed E-state index contributed by atoms with van der Waals surface area (Å²) in [6.07, 6.45) is 1.56. The van der Waals surface area contributed by atoms with Gasteiger partial charge in [0.15, 0.2) is 0 Å². The summed E-state index contributed by atoms with van der Waals surface area (Å²) in [7, 11) is 0. The van der Waals surface area contributed by atoms with Crippen LogP contribution < -0.4 is 5.32 Å². The summed E-state index contributed by atoms with van der Waals surface area (Å²) >= 11 is 0. The van der Waals surface area contributed by atoms with E-state index in [0.29, 0.717) is 16.5 Å². The highest BCUT2D eigenvalue weighted by Crippen LogP contribution is 2.16. The molecule has 1 amide bonds. The SMILES string of the molecule is C[C@@H](C#N)C[C@@H](NC(=O)c1ccnc2ccccc12)C(=O)O. The first kappa shape index (κ1) is 15.4. The summed E-state index contributed by atoms with van der Waals surface area (Å²) in [6, 6.07) is 9.54. The van der Waals surface area contributed by atoms with Crippen LogP contribution in [0.25, 0.3) is 10.9 Å². The summed E-state index contributed by atoms with van der Waals surface area (Å²) in [5, 5.41) is 21.1. The second-order valence-electron chi connectivity index (χ2n) is 5.01. The quantitative estimate of drug-likeness (QED) is 0.878. The first-order valence-corrected chi connectivity index (χ1v) is 6.80. The van der Waals surface area contributed by atoms with Crippen molar-refractivity contribution in [3.05, 3.63) is 42.1 Å². The van der Waals surface area contributed by atoms with Crippen LogP contribution in [-0.2, 0) is 4.79 Å². The lowest BCUT2D eigenvalue weighted by Gasteiger charge is -2.16. The van der Waals surface area contributed by atoms with Gasteiger partial charge in [0.1, 0.15) is 6.04 Å². The summed E-state index contributed by atoms with van der Waals surface area (Å²) in [5.41, 5.74) is 1.02. The second-order valence-corrected chi connectivity index (χ2v) is 5.01. The molecule has 6 heteroatoms. The molecule has 1 heterocycles. The van der Waals surface area contributed by atoms with Crippen LogP contribution >= 0.6 is 0 Å². The summed E-state index contributed by atoms with van der Waals surface area (Å²) in [5.74, 6) is -2.11. The molecule has 0 aliphatic rings. The van der Waals surface area contributed by atoms with Crippen molar-refractivity contribution < 1.29 is 14.7 Å². The Kier molecular flexibility index (Phi) is 4.69. The fourth-order valence-corrected chi connectivity index (χ4v) is 2.16. The van der Waals surface area contributed by atoms with Crippen LogP contribution in [0.3, 0.4) is 0 Å². The number of nitriles is 1. The maximum absolute atomic E-state index is 12.4. The van der Waals surface area contributed by atoms with Gasteiger partial charge in [0.25, 0.3) is 5.91 Å². The molecular weight excluding hydrogens is 282 g/mol. The van der Waals surface area contributed by atoms with Crippen molar-refractivity contribution >= 4 is 22.8 Å². The first-order chi connectivity index (χ1) is 10.5. The highest BCUT2D eigenvalue weighted by atomic mass is 16.4. The lowest BCUT2D eigenvalue weighted by molar-refractivity contribution is -0.139. The maximum Gasteiger partial charge on any atom is 0.326 e. The molecule has 6 nitrogen and oxygen atoms in total. The Balaban J connectivity index is 2.26. The van der Waals surface area contributed by atoms with Gasteiger partial charge in [-0.3, -0.25) is 9.78 Å². The van der Waals surface area contributed by atoms with Crippen molar-refractivity contribution in [3.8, 4) is 6.07 Å². The molecule has 0 spiro atoms. The van der Waals surface area contributed by atoms with Crippen molar-refractivity contribution in [3.63, 3.8) is 0 Å². The summed E-state index contributed by atoms with van der Waals surface area (Å²) < 4.78 is 0. The monoisotopic (exact) mass is 297 g/mol. The Labute approximate surface area is 127 Å². The predicted octanol–water partition coefficient (Wildman–Crippen LogP) is 1.97. The highest BCUT2D eigenvalue weighted by molar-refractivity contribution is 6.06. The number of hydrogen-bond donors (Lipinski definition) is 2. The van der Waals surface area contributed by atoms with E-state index in [4.69, 9.17) is 5.26 Å². The van der Waals surface area contributed by atoms with E-state index in [9.17, 15) is 14.7 Å². The van der Waals surface area contributed by atoms with E-state index >= 15 is 0 Å². The van der Waals surface area contributed by atoms with Crippen LogP contribution in [-0.4, -0.2) is 28.0 Å². The molecule has 0 aliphatic heterocycles. The van der Waals surface area contributed by atoms with Gasteiger partial charge in [-0.1, -0.05) is 18.2 Å². The number of aliphatic carboxylic acids is 1. The molecule has 2 N–H and O–H groups in total. The summed E-state index contributed by atoms with van der Waals surface area (Å²) in [6.45, 7) is 1.62. The predicted molar refractivity (Wildman–Crippen MR) is 80.0 cm³/mol. The fraction of sp³-hybridized carbons (Fsp3) is 0.250. The minimum absolute atomic E-state index is 0.0561. The Morgan fingerprint density at radius 2 is 2.09 bits per heavy atom. The van der Waals surface area contributed by atoms with Gasteiger partial charge in [0.2, 0.25) is 0 Å². The molecule has 0 saturated carbocycles. The van der Waals surface area contributed by atoms with Gasteiger partial charge in [-0.05, 0) is 25.5 Å². The van der Waals surface area contributed by atoms with Gasteiger partial charge in [-0.2, -0.15) is 5.26 Å². The molecule has 0 saturated heterocycles. The first-order valence-electron chi connectivity index (χ1n) is 6.80. The Hall–Kier alpha value is -2.94. The third-order valence-electron chi connectivity index (χ3n) is 3.31. The van der Waals surface area contributed by atoms with Crippen LogP contribution in [0.2, 0.25) is 0 Å². The van der Waals surface area contributed by atoms with Crippen molar-refractivity contribution in [1.82, 2.24) is 10.3 Å². The number of carboxylic acid groups (broad SMARTS) is 1. The van der Waals surface area contributed by atoms with E-state index in [2.05, 4.69) is 10.3 Å². The Morgan fingerprint density at radius 3 is 2.77 bits per heavy atom. The van der Waals surface area contributed by atoms with Gasteiger partial charge in [-0.25, -0.2) is 4.79 Å². The second kappa shape index (κ2) is 6.68. The molecule has 0 unspecified atom stereocenters. The minimum Gasteiger partial charge on any atom is -0.480 e. The fourth-order valence-electron chi connectivity index (χ4n) is 2.16. The number of carboxylic acids is 1. The molecule has 0 fully saturated rings. The molecule has 0 bridgehead atoms. The van der Waals surface area contributed by atoms with Crippen LogP contribution in [0.15, 0.2) is 36.5 Å². The van der Waals surface area contributed by atoms with Crippen molar-refractivity contribution in [1.29, 1.82) is 5.26 Å². The molecule has 2 atom stereocenters. The normalized spacial score (nSPS) is 13.1. The zero-order valence-electron chi connectivity index (χ0n) is 12.0. The molecular formula is C16H15N3O3. The largest absolute Gasteiger partial charge is 0.480 e. The van der Waals surface area contributed by atoms with E-state index < -0.39 is 23.8 Å². The zero-order chi connectivity index (χ0) is 16.1. The molecule has 0 radical (unpaired) electrons. The van der Waals surface area contributed by atoms with Gasteiger partial charge in [-0.15, -0.1) is 0 Å². The van der Waals surface area contributed by atoms with E-state index in [1.54, 1.807) is 31.2 Å². The number of benzene rings is 1. The van der Waals surface area contributed by atoms with E-state index in [1.165, 1.54) is 6.20 Å². The lowest BCUT2D eigenvalue weighted by atomic mass is 10.0. The standard InChI is InChI=1S/C16H15N3O3/c1-10(9-17)8-14(16(21)22)19-15(20)12-6-7-18-13-5-3-2-4-11(12)13/h2-7,10,14H,8H2,1H3,(H,19,20)(H,21,22)/t10-,14-/m1/s1. The molecule has 1 aromatic carbocycles. The average Bonchev–Trinajstić information content (AvgIpc) is 2.53. The number of nitrogens with one attached hydrogen (secondary N) is 1. The number of hydrogen-bond acceptors (Lipinski definition) is 4. The van der Waals surface area contributed by atoms with Crippen molar-refractivity contribution in [2.24, 2.45) is 5.92 Å². The number of carbonyl (C=O) groups excluding carboxylic acids is 1. The van der Waals surface area contributed by atoms with Crippen molar-refractivity contribution in [2.45, 2.75) is 19.4 Å². The number of pyridine rings is 1. The van der Waals surface area contributed by atoms with E-state index in [-0.39, 0.29) is 6.42 Å². The highest BCUT2D eigenvalue weighted by Gasteiger charge is 2.23. The molecule has 1 aromatic heterocycles. The van der Waals surface area contributed by atoms with Gasteiger partial charge < -0.3 is 10.4 Å². The van der Waals surface area contributed by atoms with E-state index in [1.807, 2.05) is 12.1 Å². The third-order valence-corrected chi connectivity index (χ3v) is 3.31. The Morgan fingerprint density at radius 1 is 1.36 bits per heavy atom. The molecule has 2 aromatic rings. The summed E-state index contributed by atoms with van der Waals surface area (Å²) in [4.78, 5) is 27.8. The number of para-hydroxylation sites is 1.